The number of rotatable bonds is 6. The lowest BCUT2D eigenvalue weighted by molar-refractivity contribution is 0.0954. The minimum Gasteiger partial charge on any atom is -0.331 e. The highest BCUT2D eigenvalue weighted by molar-refractivity contribution is 7.17. The molecule has 0 bridgehead atoms. The number of hydrogen-bond acceptors (Lipinski definition) is 5. The van der Waals surface area contributed by atoms with Gasteiger partial charge < -0.3 is 9.88 Å². The van der Waals surface area contributed by atoms with Gasteiger partial charge in [-0.25, -0.2) is 14.8 Å². The van der Waals surface area contributed by atoms with Crippen LogP contribution >= 0.6 is 22.9 Å². The fourth-order valence-electron chi connectivity index (χ4n) is 3.28. The molecule has 2 aromatic heterocycles. The Bertz CT molecular complexity index is 1280. The Hall–Kier alpha value is -3.49. The second kappa shape index (κ2) is 9.33. The molecule has 0 aliphatic carbocycles. The number of carbonyl (C=O) groups excluding carboxylic acids is 1. The van der Waals surface area contributed by atoms with Gasteiger partial charge in [-0.05, 0) is 56.3 Å². The van der Waals surface area contributed by atoms with Gasteiger partial charge in [-0.15, -0.1) is 0 Å². The summed E-state index contributed by atoms with van der Waals surface area (Å²) in [6.45, 7) is 3.71. The minimum atomic E-state index is -0.356. The van der Waals surface area contributed by atoms with Crippen LogP contribution in [0.1, 0.15) is 26.6 Å². The van der Waals surface area contributed by atoms with E-state index in [0.717, 1.165) is 22.8 Å². The van der Waals surface area contributed by atoms with Crippen LogP contribution in [-0.2, 0) is 0 Å². The molecule has 0 saturated heterocycles. The summed E-state index contributed by atoms with van der Waals surface area (Å²) in [4.78, 5) is 17.6. The molecule has 6 nitrogen and oxygen atoms in total. The average Bonchev–Trinajstić information content (AvgIpc) is 3.27. The summed E-state index contributed by atoms with van der Waals surface area (Å²) in [5.41, 5.74) is 6.26. The van der Waals surface area contributed by atoms with E-state index >= 15 is 0 Å². The molecule has 162 valence electrons. The SMILES string of the molecule is Cc1cc(C(=O)N/N=C/c2sc(Nc3ccccc3)nc2Cl)c(C)n1-c1ccc(F)cc1. The highest BCUT2D eigenvalue weighted by Crippen LogP contribution is 2.28. The number of halogens is 2. The lowest BCUT2D eigenvalue weighted by Gasteiger charge is -2.09. The van der Waals surface area contributed by atoms with Crippen molar-refractivity contribution < 1.29 is 9.18 Å². The molecule has 0 unspecified atom stereocenters. The lowest BCUT2D eigenvalue weighted by atomic mass is 10.2. The van der Waals surface area contributed by atoms with Crippen LogP contribution in [0.15, 0.2) is 65.8 Å². The van der Waals surface area contributed by atoms with E-state index in [9.17, 15) is 9.18 Å². The molecule has 32 heavy (non-hydrogen) atoms. The lowest BCUT2D eigenvalue weighted by Crippen LogP contribution is -2.18. The van der Waals surface area contributed by atoms with Crippen LogP contribution in [0.25, 0.3) is 5.69 Å². The smallest absolute Gasteiger partial charge is 0.273 e. The molecule has 0 spiro atoms. The molecule has 2 N–H and O–H groups in total. The van der Waals surface area contributed by atoms with Gasteiger partial charge in [-0.2, -0.15) is 5.10 Å². The van der Waals surface area contributed by atoms with Gasteiger partial charge in [0, 0.05) is 22.8 Å². The second-order valence-corrected chi connectivity index (χ2v) is 8.35. The van der Waals surface area contributed by atoms with E-state index in [1.807, 2.05) is 48.7 Å². The monoisotopic (exact) mass is 467 g/mol. The number of anilines is 2. The van der Waals surface area contributed by atoms with E-state index in [1.54, 1.807) is 18.2 Å². The number of para-hydroxylation sites is 1. The van der Waals surface area contributed by atoms with Gasteiger partial charge in [-0.1, -0.05) is 41.1 Å². The zero-order chi connectivity index (χ0) is 22.7. The third-order valence-electron chi connectivity index (χ3n) is 4.74. The summed E-state index contributed by atoms with van der Waals surface area (Å²) < 4.78 is 15.1. The third-order valence-corrected chi connectivity index (χ3v) is 6.05. The summed E-state index contributed by atoms with van der Waals surface area (Å²) in [5, 5.41) is 8.13. The summed E-state index contributed by atoms with van der Waals surface area (Å²) in [6, 6.07) is 17.5. The van der Waals surface area contributed by atoms with E-state index in [2.05, 4.69) is 20.8 Å². The van der Waals surface area contributed by atoms with Crippen molar-refractivity contribution in [1.29, 1.82) is 0 Å². The maximum atomic E-state index is 13.2. The molecule has 0 aliphatic rings. The summed E-state index contributed by atoms with van der Waals surface area (Å²) in [7, 11) is 0. The van der Waals surface area contributed by atoms with Crippen molar-refractivity contribution in [1.82, 2.24) is 15.0 Å². The van der Waals surface area contributed by atoms with E-state index in [-0.39, 0.29) is 11.7 Å². The molecule has 4 rings (SSSR count). The van der Waals surface area contributed by atoms with Gasteiger partial charge in [0.1, 0.15) is 5.82 Å². The maximum absolute atomic E-state index is 13.2. The molecular weight excluding hydrogens is 449 g/mol. The molecule has 0 saturated carbocycles. The number of benzene rings is 2. The Morgan fingerprint density at radius 1 is 1.16 bits per heavy atom. The quantitative estimate of drug-likeness (QED) is 0.276. The molecule has 2 heterocycles. The largest absolute Gasteiger partial charge is 0.331 e. The van der Waals surface area contributed by atoms with Gasteiger partial charge in [-0.3, -0.25) is 4.79 Å². The molecule has 4 aromatic rings. The molecule has 0 radical (unpaired) electrons. The van der Waals surface area contributed by atoms with E-state index in [4.69, 9.17) is 11.6 Å². The predicted molar refractivity (Wildman–Crippen MR) is 127 cm³/mol. The van der Waals surface area contributed by atoms with Crippen LogP contribution in [0.3, 0.4) is 0 Å². The van der Waals surface area contributed by atoms with E-state index in [0.29, 0.717) is 20.7 Å². The van der Waals surface area contributed by atoms with Crippen LogP contribution in [0.2, 0.25) is 5.15 Å². The number of aromatic nitrogens is 2. The predicted octanol–water partition coefficient (Wildman–Crippen LogP) is 5.85. The molecule has 2 aromatic carbocycles. The standard InChI is InChI=1S/C23H19ClFN5OS/c1-14-12-19(15(2)30(14)18-10-8-16(25)9-11-18)22(31)29-26-13-20-21(24)28-23(32-20)27-17-6-4-3-5-7-17/h3-13H,1-2H3,(H,27,28)(H,29,31)/b26-13+. The third kappa shape index (κ3) is 4.71. The first-order valence-electron chi connectivity index (χ1n) is 9.69. The van der Waals surface area contributed by atoms with E-state index < -0.39 is 0 Å². The molecule has 0 fully saturated rings. The number of aryl methyl sites for hydroxylation is 1. The summed E-state index contributed by atoms with van der Waals surface area (Å²) in [5.74, 6) is -0.668. The first kappa shape index (κ1) is 21.7. The number of hydrogen-bond donors (Lipinski definition) is 2. The van der Waals surface area contributed by atoms with Crippen molar-refractivity contribution in [2.75, 3.05) is 5.32 Å². The Balaban J connectivity index is 1.46. The van der Waals surface area contributed by atoms with Gasteiger partial charge >= 0.3 is 0 Å². The van der Waals surface area contributed by atoms with Crippen LogP contribution < -0.4 is 10.7 Å². The first-order valence-corrected chi connectivity index (χ1v) is 10.9. The van der Waals surface area contributed by atoms with Gasteiger partial charge in [0.05, 0.1) is 16.7 Å². The molecule has 0 aliphatic heterocycles. The fraction of sp³-hybridized carbons (Fsp3) is 0.0870. The van der Waals surface area contributed by atoms with Crippen molar-refractivity contribution in [2.24, 2.45) is 5.10 Å². The van der Waals surface area contributed by atoms with Crippen LogP contribution in [-0.4, -0.2) is 21.7 Å². The van der Waals surface area contributed by atoms with Crippen molar-refractivity contribution in [3.05, 3.63) is 93.5 Å². The maximum Gasteiger partial charge on any atom is 0.273 e. The summed E-state index contributed by atoms with van der Waals surface area (Å²) >= 11 is 7.52. The second-order valence-electron chi connectivity index (χ2n) is 6.96. The number of amides is 1. The average molecular weight is 468 g/mol. The van der Waals surface area contributed by atoms with Gasteiger partial charge in [0.15, 0.2) is 10.3 Å². The van der Waals surface area contributed by atoms with Crippen molar-refractivity contribution in [3.8, 4) is 5.69 Å². The van der Waals surface area contributed by atoms with E-state index in [1.165, 1.54) is 29.7 Å². The molecule has 1 amide bonds. The fourth-order valence-corrected chi connectivity index (χ4v) is 4.33. The Morgan fingerprint density at radius 3 is 2.59 bits per heavy atom. The molecule has 0 atom stereocenters. The zero-order valence-corrected chi connectivity index (χ0v) is 18.8. The number of hydrazone groups is 1. The Morgan fingerprint density at radius 2 is 1.88 bits per heavy atom. The van der Waals surface area contributed by atoms with Gasteiger partial charge in [0.25, 0.3) is 5.91 Å². The summed E-state index contributed by atoms with van der Waals surface area (Å²) in [6.07, 6.45) is 1.47. The Kier molecular flexibility index (Phi) is 6.34. The normalized spacial score (nSPS) is 11.1. The van der Waals surface area contributed by atoms with Gasteiger partial charge in [0.2, 0.25) is 0 Å². The highest BCUT2D eigenvalue weighted by Gasteiger charge is 2.16. The Labute approximate surface area is 193 Å². The first-order chi connectivity index (χ1) is 15.4. The van der Waals surface area contributed by atoms with Crippen molar-refractivity contribution >= 4 is 45.9 Å². The number of carbonyl (C=O) groups is 1. The zero-order valence-electron chi connectivity index (χ0n) is 17.3. The number of thiazole rings is 1. The van der Waals surface area contributed by atoms with Crippen LogP contribution in [0.5, 0.6) is 0 Å². The van der Waals surface area contributed by atoms with Crippen molar-refractivity contribution in [3.63, 3.8) is 0 Å². The molecule has 9 heteroatoms. The minimum absolute atomic E-state index is 0.293. The van der Waals surface area contributed by atoms with Crippen LogP contribution in [0, 0.1) is 19.7 Å². The van der Waals surface area contributed by atoms with Crippen molar-refractivity contribution in [2.45, 2.75) is 13.8 Å². The number of nitrogens with zero attached hydrogens (tertiary/aromatic N) is 3. The highest BCUT2D eigenvalue weighted by atomic mass is 35.5. The molecular formula is C23H19ClFN5OS. The number of nitrogens with one attached hydrogen (secondary N) is 2. The van der Waals surface area contributed by atoms with Crippen LogP contribution in [0.4, 0.5) is 15.2 Å². The topological polar surface area (TPSA) is 71.3 Å².